The topological polar surface area (TPSA) is 40.5 Å². The van der Waals surface area contributed by atoms with Gasteiger partial charge in [0, 0.05) is 13.0 Å². The number of aliphatic hydroxyl groups is 1. The SMILES string of the molecule is O=C(CC12CC3CC(CC(C3)C1)C2)N1CCC[C@@H]1CO. The van der Waals surface area contributed by atoms with Crippen LogP contribution in [0.15, 0.2) is 0 Å². The van der Waals surface area contributed by atoms with Gasteiger partial charge in [0.1, 0.15) is 0 Å². The lowest BCUT2D eigenvalue weighted by molar-refractivity contribution is -0.141. The molecule has 1 amide bonds. The molecule has 0 aromatic rings. The second-order valence-corrected chi connectivity index (χ2v) is 8.16. The van der Waals surface area contributed by atoms with E-state index in [9.17, 15) is 9.90 Å². The highest BCUT2D eigenvalue weighted by Gasteiger charge is 2.52. The third-order valence-electron chi connectivity index (χ3n) is 6.60. The van der Waals surface area contributed by atoms with Crippen molar-refractivity contribution in [2.24, 2.45) is 23.2 Å². The van der Waals surface area contributed by atoms with Gasteiger partial charge >= 0.3 is 0 Å². The second kappa shape index (κ2) is 4.72. The van der Waals surface area contributed by atoms with E-state index in [0.29, 0.717) is 11.3 Å². The highest BCUT2D eigenvalue weighted by molar-refractivity contribution is 5.77. The maximum atomic E-state index is 12.7. The Labute approximate surface area is 121 Å². The Bertz CT molecular complexity index is 371. The molecule has 5 rings (SSSR count). The summed E-state index contributed by atoms with van der Waals surface area (Å²) in [6.07, 6.45) is 11.1. The first-order valence-electron chi connectivity index (χ1n) is 8.58. The van der Waals surface area contributed by atoms with Crippen molar-refractivity contribution < 1.29 is 9.90 Å². The molecule has 0 spiro atoms. The first-order valence-corrected chi connectivity index (χ1v) is 8.58. The zero-order chi connectivity index (χ0) is 13.7. The van der Waals surface area contributed by atoms with Crippen LogP contribution in [0.2, 0.25) is 0 Å². The van der Waals surface area contributed by atoms with Crippen LogP contribution in [0.1, 0.15) is 57.8 Å². The Morgan fingerprint density at radius 1 is 1.10 bits per heavy atom. The largest absolute Gasteiger partial charge is 0.394 e. The van der Waals surface area contributed by atoms with Crippen LogP contribution >= 0.6 is 0 Å². The van der Waals surface area contributed by atoms with Crippen molar-refractivity contribution in [2.75, 3.05) is 13.2 Å². The molecule has 5 aliphatic rings. The summed E-state index contributed by atoms with van der Waals surface area (Å²) in [6, 6.07) is 0.108. The van der Waals surface area contributed by atoms with Gasteiger partial charge in [0.05, 0.1) is 12.6 Å². The number of hydrogen-bond donors (Lipinski definition) is 1. The lowest BCUT2D eigenvalue weighted by Gasteiger charge is -2.57. The van der Waals surface area contributed by atoms with E-state index in [-0.39, 0.29) is 12.6 Å². The third-order valence-corrected chi connectivity index (χ3v) is 6.60. The van der Waals surface area contributed by atoms with Crippen LogP contribution in [0.4, 0.5) is 0 Å². The van der Waals surface area contributed by atoms with Crippen molar-refractivity contribution in [3.8, 4) is 0 Å². The van der Waals surface area contributed by atoms with Gasteiger partial charge in [-0.2, -0.15) is 0 Å². The number of aliphatic hydroxyl groups excluding tert-OH is 1. The molecule has 3 heteroatoms. The van der Waals surface area contributed by atoms with Gasteiger partial charge in [0.2, 0.25) is 5.91 Å². The highest BCUT2D eigenvalue weighted by atomic mass is 16.3. The summed E-state index contributed by atoms with van der Waals surface area (Å²) < 4.78 is 0. The van der Waals surface area contributed by atoms with Gasteiger partial charge < -0.3 is 10.0 Å². The molecule has 0 aromatic heterocycles. The Morgan fingerprint density at radius 2 is 1.70 bits per heavy atom. The summed E-state index contributed by atoms with van der Waals surface area (Å²) in [5.41, 5.74) is 0.342. The van der Waals surface area contributed by atoms with Gasteiger partial charge in [-0.25, -0.2) is 0 Å². The summed E-state index contributed by atoms with van der Waals surface area (Å²) in [7, 11) is 0. The molecule has 20 heavy (non-hydrogen) atoms. The Morgan fingerprint density at radius 3 is 2.25 bits per heavy atom. The minimum absolute atomic E-state index is 0.108. The fourth-order valence-corrected chi connectivity index (χ4v) is 6.28. The van der Waals surface area contributed by atoms with E-state index in [1.807, 2.05) is 4.90 Å². The molecule has 4 bridgehead atoms. The van der Waals surface area contributed by atoms with Crippen LogP contribution in [0.25, 0.3) is 0 Å². The van der Waals surface area contributed by atoms with Crippen LogP contribution < -0.4 is 0 Å². The molecule has 5 fully saturated rings. The molecule has 0 radical (unpaired) electrons. The van der Waals surface area contributed by atoms with E-state index in [1.165, 1.54) is 38.5 Å². The summed E-state index contributed by atoms with van der Waals surface area (Å²) in [6.45, 7) is 1.02. The first-order chi connectivity index (χ1) is 9.67. The van der Waals surface area contributed by atoms with Gasteiger partial charge in [-0.1, -0.05) is 0 Å². The third kappa shape index (κ3) is 2.09. The Kier molecular flexibility index (Phi) is 3.10. The molecule has 0 unspecified atom stereocenters. The number of amides is 1. The molecule has 112 valence electrons. The van der Waals surface area contributed by atoms with Gasteiger partial charge in [-0.05, 0) is 74.5 Å². The van der Waals surface area contributed by atoms with E-state index in [1.54, 1.807) is 0 Å². The molecule has 1 heterocycles. The van der Waals surface area contributed by atoms with E-state index in [0.717, 1.165) is 43.6 Å². The smallest absolute Gasteiger partial charge is 0.223 e. The van der Waals surface area contributed by atoms with Gasteiger partial charge in [0.25, 0.3) is 0 Å². The predicted molar refractivity (Wildman–Crippen MR) is 77.0 cm³/mol. The fourth-order valence-electron chi connectivity index (χ4n) is 6.28. The first kappa shape index (κ1) is 13.1. The van der Waals surface area contributed by atoms with E-state index < -0.39 is 0 Å². The predicted octanol–water partition coefficient (Wildman–Crippen LogP) is 2.58. The molecule has 0 aromatic carbocycles. The molecular weight excluding hydrogens is 250 g/mol. The van der Waals surface area contributed by atoms with Crippen molar-refractivity contribution in [1.29, 1.82) is 0 Å². The molecule has 4 saturated carbocycles. The molecule has 1 aliphatic heterocycles. The van der Waals surface area contributed by atoms with Crippen molar-refractivity contribution >= 4 is 5.91 Å². The van der Waals surface area contributed by atoms with Crippen LogP contribution in [-0.4, -0.2) is 35.1 Å². The number of likely N-dealkylation sites (tertiary alicyclic amines) is 1. The number of nitrogens with zero attached hydrogens (tertiary/aromatic N) is 1. The highest BCUT2D eigenvalue weighted by Crippen LogP contribution is 2.61. The number of carbonyl (C=O) groups is 1. The van der Waals surface area contributed by atoms with Gasteiger partial charge in [-0.3, -0.25) is 4.79 Å². The van der Waals surface area contributed by atoms with Crippen molar-refractivity contribution in [3.05, 3.63) is 0 Å². The minimum Gasteiger partial charge on any atom is -0.394 e. The lowest BCUT2D eigenvalue weighted by Crippen LogP contribution is -2.49. The molecule has 1 atom stereocenters. The van der Waals surface area contributed by atoms with Gasteiger partial charge in [-0.15, -0.1) is 0 Å². The summed E-state index contributed by atoms with van der Waals surface area (Å²) in [5, 5.41) is 9.42. The maximum Gasteiger partial charge on any atom is 0.223 e. The normalized spacial score (nSPS) is 46.1. The number of hydrogen-bond acceptors (Lipinski definition) is 2. The van der Waals surface area contributed by atoms with Crippen LogP contribution in [0, 0.1) is 23.2 Å². The second-order valence-electron chi connectivity index (χ2n) is 8.16. The van der Waals surface area contributed by atoms with E-state index in [4.69, 9.17) is 0 Å². The number of carbonyl (C=O) groups excluding carboxylic acids is 1. The van der Waals surface area contributed by atoms with E-state index >= 15 is 0 Å². The minimum atomic E-state index is 0.108. The monoisotopic (exact) mass is 277 g/mol. The average Bonchev–Trinajstić information content (AvgIpc) is 2.84. The van der Waals surface area contributed by atoms with Gasteiger partial charge in [0.15, 0.2) is 0 Å². The standard InChI is InChI=1S/C17H27NO2/c19-11-15-2-1-3-18(15)16(20)10-17-7-12-4-13(8-17)6-14(5-12)9-17/h12-15,19H,1-11H2/t12?,13?,14?,15-,17?/m1/s1. The number of rotatable bonds is 3. The van der Waals surface area contributed by atoms with Crippen molar-refractivity contribution in [2.45, 2.75) is 63.8 Å². The van der Waals surface area contributed by atoms with Crippen LogP contribution in [0.3, 0.4) is 0 Å². The van der Waals surface area contributed by atoms with Crippen molar-refractivity contribution in [3.63, 3.8) is 0 Å². The Hall–Kier alpha value is -0.570. The molecule has 1 N–H and O–H groups in total. The maximum absolute atomic E-state index is 12.7. The molecule has 3 nitrogen and oxygen atoms in total. The van der Waals surface area contributed by atoms with Crippen molar-refractivity contribution in [1.82, 2.24) is 4.90 Å². The Balaban J connectivity index is 1.47. The zero-order valence-electron chi connectivity index (χ0n) is 12.4. The lowest BCUT2D eigenvalue weighted by atomic mass is 9.49. The zero-order valence-corrected chi connectivity index (χ0v) is 12.4. The summed E-state index contributed by atoms with van der Waals surface area (Å²) >= 11 is 0. The quantitative estimate of drug-likeness (QED) is 0.861. The van der Waals surface area contributed by atoms with E-state index in [2.05, 4.69) is 0 Å². The molecule has 4 aliphatic carbocycles. The van der Waals surface area contributed by atoms with Crippen LogP contribution in [-0.2, 0) is 4.79 Å². The summed E-state index contributed by atoms with van der Waals surface area (Å²) in [4.78, 5) is 14.7. The van der Waals surface area contributed by atoms with Crippen LogP contribution in [0.5, 0.6) is 0 Å². The average molecular weight is 277 g/mol. The molecular formula is C17H27NO2. The summed E-state index contributed by atoms with van der Waals surface area (Å²) in [5.74, 6) is 3.09. The fraction of sp³-hybridized carbons (Fsp3) is 0.941. The molecule has 1 saturated heterocycles.